The lowest BCUT2D eigenvalue weighted by atomic mass is 10.00. The lowest BCUT2D eigenvalue weighted by Crippen LogP contribution is -2.42. The van der Waals surface area contributed by atoms with Crippen LogP contribution in [0.3, 0.4) is 0 Å². The van der Waals surface area contributed by atoms with E-state index in [-0.39, 0.29) is 0 Å². The zero-order chi connectivity index (χ0) is 17.4. The maximum absolute atomic E-state index is 6.18. The number of rotatable bonds is 7. The maximum atomic E-state index is 6.18. The Labute approximate surface area is 145 Å². The summed E-state index contributed by atoms with van der Waals surface area (Å²) in [6, 6.07) is 6.20. The van der Waals surface area contributed by atoms with Crippen molar-refractivity contribution in [1.82, 2.24) is 4.90 Å². The Hall–Kier alpha value is -1.75. The minimum absolute atomic E-state index is 0.544. The van der Waals surface area contributed by atoms with Gasteiger partial charge in [-0.15, -0.1) is 0 Å². The third-order valence-electron chi connectivity index (χ3n) is 4.43. The van der Waals surface area contributed by atoms with E-state index in [9.17, 15) is 0 Å². The van der Waals surface area contributed by atoms with Gasteiger partial charge in [0.2, 0.25) is 0 Å². The summed E-state index contributed by atoms with van der Waals surface area (Å²) < 4.78 is 11.2. The first-order valence-corrected chi connectivity index (χ1v) is 8.95. The number of piperidine rings is 1. The van der Waals surface area contributed by atoms with E-state index < -0.39 is 0 Å². The average Bonchev–Trinajstić information content (AvgIpc) is 2.58. The number of guanidine groups is 1. The molecule has 0 atom stereocenters. The number of ether oxygens (including phenoxy) is 2. The molecule has 0 spiro atoms. The first kappa shape index (κ1) is 18.6. The highest BCUT2D eigenvalue weighted by Crippen LogP contribution is 2.22. The number of nitrogens with two attached hydrogens (primary N) is 1. The molecule has 2 N–H and O–H groups in total. The van der Waals surface area contributed by atoms with E-state index in [4.69, 9.17) is 15.2 Å². The van der Waals surface area contributed by atoms with Crippen molar-refractivity contribution in [1.29, 1.82) is 0 Å². The van der Waals surface area contributed by atoms with Crippen LogP contribution in [0.25, 0.3) is 0 Å². The topological polar surface area (TPSA) is 60.1 Å². The van der Waals surface area contributed by atoms with Crippen molar-refractivity contribution in [3.8, 4) is 5.75 Å². The van der Waals surface area contributed by atoms with E-state index in [1.54, 1.807) is 0 Å². The van der Waals surface area contributed by atoms with Crippen molar-refractivity contribution >= 4 is 5.96 Å². The molecule has 2 rings (SSSR count). The average molecular weight is 333 g/mol. The second-order valence-electron chi connectivity index (χ2n) is 6.50. The molecule has 1 aromatic rings. The molecular formula is C19H31N3O2. The number of aliphatic imine (C=N–C) groups is 1. The van der Waals surface area contributed by atoms with Gasteiger partial charge >= 0.3 is 0 Å². The molecule has 0 bridgehead atoms. The lowest BCUT2D eigenvalue weighted by Gasteiger charge is -2.31. The molecule has 0 unspecified atom stereocenters. The van der Waals surface area contributed by atoms with E-state index in [1.165, 1.54) is 18.4 Å². The zero-order valence-corrected chi connectivity index (χ0v) is 15.3. The van der Waals surface area contributed by atoms with Crippen molar-refractivity contribution in [2.75, 3.05) is 32.9 Å². The van der Waals surface area contributed by atoms with E-state index >= 15 is 0 Å². The van der Waals surface area contributed by atoms with Gasteiger partial charge in [0.1, 0.15) is 12.4 Å². The fourth-order valence-electron chi connectivity index (χ4n) is 2.79. The number of nitrogens with zero attached hydrogens (tertiary/aromatic N) is 2. The fourth-order valence-corrected chi connectivity index (χ4v) is 2.79. The molecule has 1 aromatic carbocycles. The van der Waals surface area contributed by atoms with Gasteiger partial charge in [-0.1, -0.05) is 19.1 Å². The molecule has 5 nitrogen and oxygen atoms in total. The maximum Gasteiger partial charge on any atom is 0.191 e. The summed E-state index contributed by atoms with van der Waals surface area (Å²) in [5, 5.41) is 0. The zero-order valence-electron chi connectivity index (χ0n) is 15.3. The van der Waals surface area contributed by atoms with Crippen molar-refractivity contribution < 1.29 is 9.47 Å². The van der Waals surface area contributed by atoms with Crippen LogP contribution in [-0.4, -0.2) is 43.8 Å². The largest absolute Gasteiger partial charge is 0.491 e. The molecule has 24 heavy (non-hydrogen) atoms. The SMILES string of the molecule is CCOCCOc1cc(C)ccc1CN=C(N)N1CCC(C)CC1. The number of benzene rings is 1. The molecule has 5 heteroatoms. The number of likely N-dealkylation sites (tertiary alicyclic amines) is 1. The van der Waals surface area contributed by atoms with Gasteiger partial charge in [0.05, 0.1) is 13.2 Å². The summed E-state index contributed by atoms with van der Waals surface area (Å²) in [4.78, 5) is 6.77. The van der Waals surface area contributed by atoms with Gasteiger partial charge in [-0.25, -0.2) is 4.99 Å². The predicted molar refractivity (Wildman–Crippen MR) is 98.5 cm³/mol. The van der Waals surface area contributed by atoms with E-state index in [2.05, 4.69) is 41.9 Å². The normalized spacial score (nSPS) is 16.5. The Kier molecular flexibility index (Phi) is 7.37. The van der Waals surface area contributed by atoms with Crippen LogP contribution >= 0.6 is 0 Å². The van der Waals surface area contributed by atoms with Gasteiger partial charge in [0.25, 0.3) is 0 Å². The van der Waals surface area contributed by atoms with Crippen LogP contribution in [0.5, 0.6) is 5.75 Å². The van der Waals surface area contributed by atoms with Crippen molar-refractivity contribution in [3.63, 3.8) is 0 Å². The van der Waals surface area contributed by atoms with E-state index in [0.717, 1.165) is 30.3 Å². The molecule has 1 saturated heterocycles. The van der Waals surface area contributed by atoms with Crippen LogP contribution in [-0.2, 0) is 11.3 Å². The van der Waals surface area contributed by atoms with Gasteiger partial charge in [-0.05, 0) is 44.2 Å². The molecule has 0 amide bonds. The Bertz CT molecular complexity index is 537. The molecule has 1 aliphatic heterocycles. The van der Waals surface area contributed by atoms with E-state index in [0.29, 0.717) is 32.3 Å². The highest BCUT2D eigenvalue weighted by molar-refractivity contribution is 5.78. The molecule has 0 saturated carbocycles. The molecule has 1 fully saturated rings. The van der Waals surface area contributed by atoms with Crippen molar-refractivity contribution in [2.24, 2.45) is 16.6 Å². The summed E-state index contributed by atoms with van der Waals surface area (Å²) in [6.45, 7) is 10.7. The van der Waals surface area contributed by atoms with Crippen LogP contribution in [0.15, 0.2) is 23.2 Å². The molecular weight excluding hydrogens is 302 g/mol. The molecule has 1 heterocycles. The van der Waals surface area contributed by atoms with Crippen molar-refractivity contribution in [3.05, 3.63) is 29.3 Å². The Morgan fingerprint density at radius 2 is 2.04 bits per heavy atom. The lowest BCUT2D eigenvalue weighted by molar-refractivity contribution is 0.110. The third-order valence-corrected chi connectivity index (χ3v) is 4.43. The minimum Gasteiger partial charge on any atom is -0.491 e. The Morgan fingerprint density at radius 1 is 1.29 bits per heavy atom. The molecule has 0 radical (unpaired) electrons. The quantitative estimate of drug-likeness (QED) is 0.473. The molecule has 0 aliphatic carbocycles. The van der Waals surface area contributed by atoms with Gasteiger partial charge in [0, 0.05) is 25.3 Å². The summed E-state index contributed by atoms with van der Waals surface area (Å²) in [6.07, 6.45) is 2.37. The Morgan fingerprint density at radius 3 is 2.75 bits per heavy atom. The Balaban J connectivity index is 1.96. The van der Waals surface area contributed by atoms with E-state index in [1.807, 2.05) is 6.92 Å². The van der Waals surface area contributed by atoms with Crippen LogP contribution in [0.2, 0.25) is 0 Å². The smallest absolute Gasteiger partial charge is 0.191 e. The number of hydrogen-bond acceptors (Lipinski definition) is 3. The van der Waals surface area contributed by atoms with Gasteiger partial charge < -0.3 is 20.1 Å². The number of hydrogen-bond donors (Lipinski definition) is 1. The summed E-state index contributed by atoms with van der Waals surface area (Å²) in [5.41, 5.74) is 8.41. The minimum atomic E-state index is 0.544. The first-order valence-electron chi connectivity index (χ1n) is 8.95. The monoisotopic (exact) mass is 333 g/mol. The second kappa shape index (κ2) is 9.52. The summed E-state index contributed by atoms with van der Waals surface area (Å²) in [5.74, 6) is 2.30. The van der Waals surface area contributed by atoms with Crippen LogP contribution in [0.1, 0.15) is 37.8 Å². The highest BCUT2D eigenvalue weighted by atomic mass is 16.5. The number of aryl methyl sites for hydroxylation is 1. The highest BCUT2D eigenvalue weighted by Gasteiger charge is 2.17. The van der Waals surface area contributed by atoms with Crippen LogP contribution in [0, 0.1) is 12.8 Å². The van der Waals surface area contributed by atoms with Crippen molar-refractivity contribution in [2.45, 2.75) is 40.2 Å². The predicted octanol–water partition coefficient (Wildman–Crippen LogP) is 2.96. The van der Waals surface area contributed by atoms with Crippen LogP contribution < -0.4 is 10.5 Å². The van der Waals surface area contributed by atoms with Gasteiger partial charge in [0.15, 0.2) is 5.96 Å². The van der Waals surface area contributed by atoms with Gasteiger partial charge in [-0.2, -0.15) is 0 Å². The van der Waals surface area contributed by atoms with Gasteiger partial charge in [-0.3, -0.25) is 0 Å². The fraction of sp³-hybridized carbons (Fsp3) is 0.632. The molecule has 0 aromatic heterocycles. The summed E-state index contributed by atoms with van der Waals surface area (Å²) in [7, 11) is 0. The van der Waals surface area contributed by atoms with Crippen LogP contribution in [0.4, 0.5) is 0 Å². The standard InChI is InChI=1S/C19H31N3O2/c1-4-23-11-12-24-18-13-16(3)5-6-17(18)14-21-19(20)22-9-7-15(2)8-10-22/h5-6,13,15H,4,7-12,14H2,1-3H3,(H2,20,21). The molecule has 134 valence electrons. The third kappa shape index (κ3) is 5.71. The molecule has 1 aliphatic rings. The first-order chi connectivity index (χ1) is 11.6. The second-order valence-corrected chi connectivity index (χ2v) is 6.50. The summed E-state index contributed by atoms with van der Waals surface area (Å²) >= 11 is 0.